The Balaban J connectivity index is 0.000000320. The van der Waals surface area contributed by atoms with Gasteiger partial charge in [-0.2, -0.15) is 27.8 Å². The van der Waals surface area contributed by atoms with Gasteiger partial charge in [0.05, 0.1) is 6.20 Å². The average molecular weight is 399 g/mol. The first kappa shape index (κ1) is 19.9. The van der Waals surface area contributed by atoms with Gasteiger partial charge in [0, 0.05) is 32.0 Å². The maximum absolute atomic E-state index is 12.5. The quantitative estimate of drug-likeness (QED) is 0.695. The van der Waals surface area contributed by atoms with Crippen molar-refractivity contribution in [2.45, 2.75) is 25.4 Å². The standard InChI is InChI=1S/C11H10F3N7O.C5H10O/c1-15-10-19-9-8(22-4-11(12,13)14)7(6-2-17-18-3-6)16-5-21(9)20-10;1-2-4-6-5-3-1/h2-3,5H,4H2,1H3,(H,15,20)(H,17,18);1-5H2. The van der Waals surface area contributed by atoms with Crippen LogP contribution in [0.4, 0.5) is 19.1 Å². The maximum atomic E-state index is 12.5. The molecule has 0 aliphatic carbocycles. The number of rotatable bonds is 4. The Morgan fingerprint density at radius 2 is 2.07 bits per heavy atom. The lowest BCUT2D eigenvalue weighted by atomic mass is 10.2. The van der Waals surface area contributed by atoms with Crippen LogP contribution >= 0.6 is 0 Å². The van der Waals surface area contributed by atoms with Crippen molar-refractivity contribution in [3.05, 3.63) is 18.7 Å². The number of anilines is 1. The fourth-order valence-corrected chi connectivity index (χ4v) is 2.50. The van der Waals surface area contributed by atoms with Gasteiger partial charge in [0.1, 0.15) is 12.0 Å². The van der Waals surface area contributed by atoms with Crippen LogP contribution in [0.15, 0.2) is 18.7 Å². The molecule has 3 aromatic heterocycles. The number of aromatic nitrogens is 6. The molecule has 0 unspecified atom stereocenters. The number of fused-ring (bicyclic) bond motifs is 1. The molecule has 4 heterocycles. The van der Waals surface area contributed by atoms with E-state index in [9.17, 15) is 13.2 Å². The third-order valence-electron chi connectivity index (χ3n) is 3.80. The first-order valence-corrected chi connectivity index (χ1v) is 8.67. The molecule has 1 fully saturated rings. The lowest BCUT2D eigenvalue weighted by Gasteiger charge is -2.12. The summed E-state index contributed by atoms with van der Waals surface area (Å²) in [6.07, 6.45) is 3.71. The molecule has 1 aliphatic heterocycles. The van der Waals surface area contributed by atoms with Crippen molar-refractivity contribution in [2.24, 2.45) is 0 Å². The van der Waals surface area contributed by atoms with Crippen molar-refractivity contribution in [1.29, 1.82) is 0 Å². The van der Waals surface area contributed by atoms with Gasteiger partial charge in [0.15, 0.2) is 12.4 Å². The lowest BCUT2D eigenvalue weighted by Crippen LogP contribution is -2.20. The Kier molecular flexibility index (Phi) is 6.29. The molecular weight excluding hydrogens is 379 g/mol. The average Bonchev–Trinajstić information content (AvgIpc) is 3.36. The zero-order chi connectivity index (χ0) is 20.0. The van der Waals surface area contributed by atoms with Crippen molar-refractivity contribution in [2.75, 3.05) is 32.2 Å². The van der Waals surface area contributed by atoms with E-state index in [4.69, 9.17) is 9.47 Å². The molecule has 152 valence electrons. The molecule has 3 aromatic rings. The normalized spacial score (nSPS) is 14.4. The van der Waals surface area contributed by atoms with Crippen LogP contribution in [0, 0.1) is 0 Å². The van der Waals surface area contributed by atoms with E-state index in [-0.39, 0.29) is 23.0 Å². The van der Waals surface area contributed by atoms with E-state index in [1.54, 1.807) is 7.05 Å². The number of nitrogens with zero attached hydrogens (tertiary/aromatic N) is 5. The molecular formula is C16H20F3N7O2. The van der Waals surface area contributed by atoms with Gasteiger partial charge >= 0.3 is 6.18 Å². The zero-order valence-electron chi connectivity index (χ0n) is 15.2. The number of aromatic amines is 1. The smallest absolute Gasteiger partial charge is 0.422 e. The largest absolute Gasteiger partial charge is 0.478 e. The van der Waals surface area contributed by atoms with Crippen LogP contribution in [-0.4, -0.2) is 62.8 Å². The van der Waals surface area contributed by atoms with E-state index < -0.39 is 12.8 Å². The van der Waals surface area contributed by atoms with Crippen molar-refractivity contribution in [1.82, 2.24) is 29.8 Å². The minimum atomic E-state index is -4.48. The molecule has 9 nitrogen and oxygen atoms in total. The van der Waals surface area contributed by atoms with Crippen molar-refractivity contribution < 1.29 is 22.6 Å². The summed E-state index contributed by atoms with van der Waals surface area (Å²) in [5, 5.41) is 13.0. The maximum Gasteiger partial charge on any atom is 0.422 e. The summed E-state index contributed by atoms with van der Waals surface area (Å²) in [5.41, 5.74) is 0.800. The summed E-state index contributed by atoms with van der Waals surface area (Å²) in [6, 6.07) is 0. The van der Waals surface area contributed by atoms with E-state index in [0.29, 0.717) is 5.56 Å². The van der Waals surface area contributed by atoms with Crippen molar-refractivity contribution in [3.8, 4) is 17.0 Å². The highest BCUT2D eigenvalue weighted by Gasteiger charge is 2.30. The molecule has 12 heteroatoms. The minimum Gasteiger partial charge on any atom is -0.478 e. The van der Waals surface area contributed by atoms with Crippen LogP contribution in [0.2, 0.25) is 0 Å². The van der Waals surface area contributed by atoms with Gasteiger partial charge in [0.2, 0.25) is 11.6 Å². The summed E-state index contributed by atoms with van der Waals surface area (Å²) < 4.78 is 48.6. The second kappa shape index (κ2) is 8.87. The van der Waals surface area contributed by atoms with Crippen LogP contribution in [-0.2, 0) is 4.74 Å². The summed E-state index contributed by atoms with van der Waals surface area (Å²) in [7, 11) is 1.59. The van der Waals surface area contributed by atoms with Gasteiger partial charge in [-0.25, -0.2) is 4.98 Å². The third-order valence-corrected chi connectivity index (χ3v) is 3.80. The predicted molar refractivity (Wildman–Crippen MR) is 94.1 cm³/mol. The fraction of sp³-hybridized carbons (Fsp3) is 0.500. The number of ether oxygens (including phenoxy) is 2. The Hall–Kier alpha value is -2.89. The highest BCUT2D eigenvalue weighted by Crippen LogP contribution is 2.32. The summed E-state index contributed by atoms with van der Waals surface area (Å²) in [6.45, 7) is 0.543. The fourth-order valence-electron chi connectivity index (χ4n) is 2.50. The molecule has 0 bridgehead atoms. The number of halogens is 3. The molecule has 0 aromatic carbocycles. The Labute approximate surface area is 158 Å². The molecule has 1 aliphatic rings. The highest BCUT2D eigenvalue weighted by atomic mass is 19.4. The molecule has 0 spiro atoms. The molecule has 1 saturated heterocycles. The van der Waals surface area contributed by atoms with E-state index in [2.05, 4.69) is 30.6 Å². The summed E-state index contributed by atoms with van der Waals surface area (Å²) in [4.78, 5) is 8.16. The van der Waals surface area contributed by atoms with Gasteiger partial charge in [-0.1, -0.05) is 0 Å². The number of hydrogen-bond acceptors (Lipinski definition) is 7. The molecule has 0 amide bonds. The molecule has 28 heavy (non-hydrogen) atoms. The van der Waals surface area contributed by atoms with Crippen LogP contribution < -0.4 is 10.1 Å². The number of alkyl halides is 3. The van der Waals surface area contributed by atoms with E-state index in [0.717, 1.165) is 13.2 Å². The molecule has 2 N–H and O–H groups in total. The first-order valence-electron chi connectivity index (χ1n) is 8.67. The van der Waals surface area contributed by atoms with Gasteiger partial charge in [-0.05, 0) is 19.3 Å². The van der Waals surface area contributed by atoms with Crippen molar-refractivity contribution >= 4 is 11.6 Å². The van der Waals surface area contributed by atoms with Crippen LogP contribution in [0.25, 0.3) is 16.9 Å². The molecule has 4 rings (SSSR count). The second-order valence-corrected chi connectivity index (χ2v) is 5.94. The Morgan fingerprint density at radius 1 is 1.29 bits per heavy atom. The van der Waals surface area contributed by atoms with Gasteiger partial charge in [-0.15, -0.1) is 5.10 Å². The molecule has 0 atom stereocenters. The zero-order valence-corrected chi connectivity index (χ0v) is 15.2. The minimum absolute atomic E-state index is 0.116. The van der Waals surface area contributed by atoms with E-state index in [1.165, 1.54) is 42.5 Å². The Bertz CT molecular complexity index is 865. The number of nitrogens with one attached hydrogen (secondary N) is 2. The topological polar surface area (TPSA) is 102 Å². The van der Waals surface area contributed by atoms with Crippen LogP contribution in [0.3, 0.4) is 0 Å². The summed E-state index contributed by atoms with van der Waals surface area (Å²) >= 11 is 0. The predicted octanol–water partition coefficient (Wildman–Crippen LogP) is 2.68. The number of H-pyrrole nitrogens is 1. The SMILES string of the molecule is C1CCOCC1.CNc1nc2c(OCC(F)(F)F)c(-c3cn[nH]c3)ncn2n1. The highest BCUT2D eigenvalue weighted by molar-refractivity contribution is 5.73. The Morgan fingerprint density at radius 3 is 2.61 bits per heavy atom. The van der Waals surface area contributed by atoms with Crippen LogP contribution in [0.1, 0.15) is 19.3 Å². The summed E-state index contributed by atoms with van der Waals surface area (Å²) in [5.74, 6) is 0.123. The molecule has 0 radical (unpaired) electrons. The van der Waals surface area contributed by atoms with Crippen molar-refractivity contribution in [3.63, 3.8) is 0 Å². The lowest BCUT2D eigenvalue weighted by molar-refractivity contribution is -0.153. The van der Waals surface area contributed by atoms with E-state index >= 15 is 0 Å². The third kappa shape index (κ3) is 5.09. The number of hydrogen-bond donors (Lipinski definition) is 2. The van der Waals surface area contributed by atoms with Gasteiger partial charge < -0.3 is 14.8 Å². The van der Waals surface area contributed by atoms with E-state index in [1.807, 2.05) is 0 Å². The van der Waals surface area contributed by atoms with Gasteiger partial charge in [-0.3, -0.25) is 5.10 Å². The second-order valence-electron chi connectivity index (χ2n) is 5.94. The van der Waals surface area contributed by atoms with Crippen LogP contribution in [0.5, 0.6) is 5.75 Å². The van der Waals surface area contributed by atoms with Gasteiger partial charge in [0.25, 0.3) is 0 Å². The first-order chi connectivity index (χ1) is 13.5. The molecule has 0 saturated carbocycles. The monoisotopic (exact) mass is 399 g/mol.